The second-order valence-corrected chi connectivity index (χ2v) is 4.17. The number of aliphatic carboxylic acids is 1. The van der Waals surface area contributed by atoms with Gasteiger partial charge in [0.25, 0.3) is 0 Å². The third-order valence-electron chi connectivity index (χ3n) is 3.07. The van der Waals surface area contributed by atoms with Gasteiger partial charge in [-0.05, 0) is 12.1 Å². The Balaban J connectivity index is 2.40. The van der Waals surface area contributed by atoms with Crippen LogP contribution in [-0.4, -0.2) is 31.3 Å². The summed E-state index contributed by atoms with van der Waals surface area (Å²) in [4.78, 5) is 22.5. The van der Waals surface area contributed by atoms with Crippen molar-refractivity contribution >= 4 is 11.9 Å². The van der Waals surface area contributed by atoms with Crippen molar-refractivity contribution in [2.24, 2.45) is 5.92 Å². The molecular weight excluding hydrogens is 252 g/mol. The van der Waals surface area contributed by atoms with E-state index < -0.39 is 24.0 Å². The second-order valence-electron chi connectivity index (χ2n) is 4.17. The lowest BCUT2D eigenvalue weighted by atomic mass is 9.94. The number of carbonyl (C=O) groups excluding carboxylic acids is 1. The van der Waals surface area contributed by atoms with Crippen molar-refractivity contribution in [1.29, 1.82) is 0 Å². The number of carboxylic acids is 1. The molecule has 0 amide bonds. The van der Waals surface area contributed by atoms with Gasteiger partial charge in [-0.15, -0.1) is 0 Å². The maximum Gasteiger partial charge on any atom is 0.311 e. The summed E-state index contributed by atoms with van der Waals surface area (Å²) in [7, 11) is 2.98. The van der Waals surface area contributed by atoms with Crippen LogP contribution in [0.2, 0.25) is 0 Å². The standard InChI is InChI=1S/C13H14O6/c1-17-7-3-4-8(10(5-7)18-2)12-9(13(15)16)6-11(14)19-12/h3-5,9,12H,6H2,1-2H3,(H,15,16)/t9-,12-/m0/s1. The summed E-state index contributed by atoms with van der Waals surface area (Å²) in [5.74, 6) is -1.46. The highest BCUT2D eigenvalue weighted by Crippen LogP contribution is 2.40. The summed E-state index contributed by atoms with van der Waals surface area (Å²) < 4.78 is 15.4. The molecule has 2 atom stereocenters. The summed E-state index contributed by atoms with van der Waals surface area (Å²) in [5.41, 5.74) is 0.529. The molecule has 1 saturated heterocycles. The lowest BCUT2D eigenvalue weighted by molar-refractivity contribution is -0.144. The molecule has 0 unspecified atom stereocenters. The molecule has 2 rings (SSSR count). The van der Waals surface area contributed by atoms with Crippen LogP contribution in [0.1, 0.15) is 18.1 Å². The van der Waals surface area contributed by atoms with Crippen molar-refractivity contribution in [3.8, 4) is 11.5 Å². The highest BCUT2D eigenvalue weighted by molar-refractivity contribution is 5.83. The Morgan fingerprint density at radius 3 is 2.68 bits per heavy atom. The average Bonchev–Trinajstić information content (AvgIpc) is 2.80. The minimum absolute atomic E-state index is 0.130. The number of methoxy groups -OCH3 is 2. The number of benzene rings is 1. The van der Waals surface area contributed by atoms with Gasteiger partial charge < -0.3 is 19.3 Å². The maximum atomic E-state index is 11.3. The minimum Gasteiger partial charge on any atom is -0.497 e. The van der Waals surface area contributed by atoms with E-state index in [-0.39, 0.29) is 6.42 Å². The molecule has 6 nitrogen and oxygen atoms in total. The van der Waals surface area contributed by atoms with Crippen LogP contribution >= 0.6 is 0 Å². The van der Waals surface area contributed by atoms with Gasteiger partial charge in [-0.2, -0.15) is 0 Å². The molecule has 0 aliphatic carbocycles. The van der Waals surface area contributed by atoms with Crippen molar-refractivity contribution in [3.63, 3.8) is 0 Å². The Bertz CT molecular complexity index is 510. The summed E-state index contributed by atoms with van der Waals surface area (Å²) >= 11 is 0. The lowest BCUT2D eigenvalue weighted by Crippen LogP contribution is -2.18. The van der Waals surface area contributed by atoms with Crippen molar-refractivity contribution in [2.45, 2.75) is 12.5 Å². The summed E-state index contributed by atoms with van der Waals surface area (Å²) in [6.07, 6.45) is -0.958. The van der Waals surface area contributed by atoms with Gasteiger partial charge in [0, 0.05) is 11.6 Å². The highest BCUT2D eigenvalue weighted by Gasteiger charge is 2.42. The number of esters is 1. The van der Waals surface area contributed by atoms with E-state index in [0.717, 1.165) is 0 Å². The quantitative estimate of drug-likeness (QED) is 0.829. The number of carbonyl (C=O) groups is 2. The van der Waals surface area contributed by atoms with Crippen molar-refractivity contribution < 1.29 is 28.9 Å². The number of hydrogen-bond acceptors (Lipinski definition) is 5. The number of hydrogen-bond donors (Lipinski definition) is 1. The fourth-order valence-electron chi connectivity index (χ4n) is 2.11. The summed E-state index contributed by atoms with van der Waals surface area (Å²) in [5, 5.41) is 9.13. The largest absolute Gasteiger partial charge is 0.497 e. The number of carboxylic acid groups (broad SMARTS) is 1. The Labute approximate surface area is 109 Å². The van der Waals surface area contributed by atoms with Crippen LogP contribution in [-0.2, 0) is 14.3 Å². The van der Waals surface area contributed by atoms with Crippen LogP contribution in [0.25, 0.3) is 0 Å². The van der Waals surface area contributed by atoms with Crippen LogP contribution in [0.15, 0.2) is 18.2 Å². The predicted octanol–water partition coefficient (Wildman–Crippen LogP) is 1.39. The third kappa shape index (κ3) is 2.47. The van der Waals surface area contributed by atoms with Gasteiger partial charge in [-0.25, -0.2) is 0 Å². The predicted molar refractivity (Wildman–Crippen MR) is 64.1 cm³/mol. The molecule has 1 aromatic carbocycles. The van der Waals surface area contributed by atoms with Crippen molar-refractivity contribution in [2.75, 3.05) is 14.2 Å². The van der Waals surface area contributed by atoms with Crippen LogP contribution in [0.4, 0.5) is 0 Å². The first kappa shape index (κ1) is 13.2. The van der Waals surface area contributed by atoms with E-state index in [1.165, 1.54) is 14.2 Å². The normalized spacial score (nSPS) is 21.9. The van der Waals surface area contributed by atoms with Gasteiger partial charge in [0.1, 0.15) is 23.5 Å². The zero-order chi connectivity index (χ0) is 14.0. The van der Waals surface area contributed by atoms with E-state index in [2.05, 4.69) is 0 Å². The Kier molecular flexibility index (Phi) is 3.59. The van der Waals surface area contributed by atoms with E-state index in [0.29, 0.717) is 17.1 Å². The first-order valence-electron chi connectivity index (χ1n) is 5.71. The van der Waals surface area contributed by atoms with E-state index in [4.69, 9.17) is 19.3 Å². The lowest BCUT2D eigenvalue weighted by Gasteiger charge is -2.18. The zero-order valence-electron chi connectivity index (χ0n) is 10.6. The molecule has 1 aliphatic heterocycles. The zero-order valence-corrected chi connectivity index (χ0v) is 10.6. The molecule has 1 heterocycles. The number of rotatable bonds is 4. The SMILES string of the molecule is COc1ccc([C@@H]2OC(=O)C[C@@H]2C(=O)O)c(OC)c1. The van der Waals surface area contributed by atoms with Gasteiger partial charge in [-0.1, -0.05) is 0 Å². The average molecular weight is 266 g/mol. The Hall–Kier alpha value is -2.24. The molecule has 0 spiro atoms. The summed E-state index contributed by atoms with van der Waals surface area (Å²) in [6.45, 7) is 0. The fourth-order valence-corrected chi connectivity index (χ4v) is 2.11. The van der Waals surface area contributed by atoms with E-state index >= 15 is 0 Å². The molecule has 1 aliphatic rings. The first-order chi connectivity index (χ1) is 9.06. The molecule has 1 fully saturated rings. The molecule has 0 bridgehead atoms. The van der Waals surface area contributed by atoms with Gasteiger partial charge in [0.2, 0.25) is 0 Å². The minimum atomic E-state index is -1.06. The molecule has 0 radical (unpaired) electrons. The van der Waals surface area contributed by atoms with Gasteiger partial charge in [-0.3, -0.25) is 9.59 Å². The number of ether oxygens (including phenoxy) is 3. The highest BCUT2D eigenvalue weighted by atomic mass is 16.6. The smallest absolute Gasteiger partial charge is 0.311 e. The van der Waals surface area contributed by atoms with Crippen LogP contribution in [0.3, 0.4) is 0 Å². The van der Waals surface area contributed by atoms with Crippen LogP contribution < -0.4 is 9.47 Å². The molecular formula is C13H14O6. The molecule has 1 N–H and O–H groups in total. The van der Waals surface area contributed by atoms with Crippen molar-refractivity contribution in [3.05, 3.63) is 23.8 Å². The molecule has 1 aromatic rings. The van der Waals surface area contributed by atoms with Gasteiger partial charge >= 0.3 is 11.9 Å². The third-order valence-corrected chi connectivity index (χ3v) is 3.07. The Morgan fingerprint density at radius 1 is 1.37 bits per heavy atom. The van der Waals surface area contributed by atoms with Crippen LogP contribution in [0.5, 0.6) is 11.5 Å². The van der Waals surface area contributed by atoms with Gasteiger partial charge in [0.15, 0.2) is 0 Å². The van der Waals surface area contributed by atoms with Crippen molar-refractivity contribution in [1.82, 2.24) is 0 Å². The topological polar surface area (TPSA) is 82.1 Å². The summed E-state index contributed by atoms with van der Waals surface area (Å²) in [6, 6.07) is 4.94. The molecule has 102 valence electrons. The number of cyclic esters (lactones) is 1. The fraction of sp³-hybridized carbons (Fsp3) is 0.385. The van der Waals surface area contributed by atoms with Crippen LogP contribution in [0, 0.1) is 5.92 Å². The van der Waals surface area contributed by atoms with E-state index in [1.54, 1.807) is 18.2 Å². The maximum absolute atomic E-state index is 11.3. The Morgan fingerprint density at radius 2 is 2.11 bits per heavy atom. The van der Waals surface area contributed by atoms with E-state index in [9.17, 15) is 9.59 Å². The molecule has 0 aromatic heterocycles. The molecule has 0 saturated carbocycles. The van der Waals surface area contributed by atoms with Gasteiger partial charge in [0.05, 0.1) is 20.6 Å². The second kappa shape index (κ2) is 5.17. The monoisotopic (exact) mass is 266 g/mol. The molecule has 19 heavy (non-hydrogen) atoms. The first-order valence-corrected chi connectivity index (χ1v) is 5.71. The van der Waals surface area contributed by atoms with E-state index in [1.807, 2.05) is 0 Å². The molecule has 6 heteroatoms.